The number of aryl methyl sites for hydroxylation is 2. The summed E-state index contributed by atoms with van der Waals surface area (Å²) in [7, 11) is 0. The normalized spacial score (nSPS) is 15.5. The number of likely N-dealkylation sites (tertiary alicyclic amines) is 1. The van der Waals surface area contributed by atoms with E-state index in [9.17, 15) is 4.79 Å². The number of piperidine rings is 1. The first-order chi connectivity index (χ1) is 12.6. The number of amides is 1. The Morgan fingerprint density at radius 3 is 2.50 bits per heavy atom. The number of hydrogen-bond donors (Lipinski definition) is 1. The Morgan fingerprint density at radius 1 is 1.04 bits per heavy atom. The second-order valence-corrected chi connectivity index (χ2v) is 7.47. The Labute approximate surface area is 155 Å². The summed E-state index contributed by atoms with van der Waals surface area (Å²) < 4.78 is 0. The maximum atomic E-state index is 12.7. The molecule has 1 aliphatic heterocycles. The molecule has 26 heavy (non-hydrogen) atoms. The number of carbonyl (C=O) groups excluding carboxylic acids is 1. The van der Waals surface area contributed by atoms with E-state index in [1.807, 2.05) is 17.0 Å². The molecule has 0 saturated carbocycles. The zero-order chi connectivity index (χ0) is 18.1. The van der Waals surface area contributed by atoms with Crippen molar-refractivity contribution in [2.45, 2.75) is 39.0 Å². The SMILES string of the molecule is Cc1ccccc1CC(=O)N1CCC(c2c(C)[nH]c3ccccc23)CC1. The Morgan fingerprint density at radius 2 is 1.73 bits per heavy atom. The van der Waals surface area contributed by atoms with Gasteiger partial charge >= 0.3 is 0 Å². The fourth-order valence-corrected chi connectivity index (χ4v) is 4.33. The molecule has 4 rings (SSSR count). The van der Waals surface area contributed by atoms with Crippen LogP contribution in [0.1, 0.15) is 41.1 Å². The highest BCUT2D eigenvalue weighted by atomic mass is 16.2. The van der Waals surface area contributed by atoms with E-state index in [4.69, 9.17) is 0 Å². The smallest absolute Gasteiger partial charge is 0.226 e. The zero-order valence-electron chi connectivity index (χ0n) is 15.6. The second kappa shape index (κ2) is 6.99. The van der Waals surface area contributed by atoms with Gasteiger partial charge in [-0.15, -0.1) is 0 Å². The highest BCUT2D eigenvalue weighted by molar-refractivity contribution is 5.85. The third kappa shape index (κ3) is 3.14. The number of fused-ring (bicyclic) bond motifs is 1. The predicted molar refractivity (Wildman–Crippen MR) is 106 cm³/mol. The lowest BCUT2D eigenvalue weighted by Gasteiger charge is -2.32. The Kier molecular flexibility index (Phi) is 4.54. The van der Waals surface area contributed by atoms with E-state index >= 15 is 0 Å². The lowest BCUT2D eigenvalue weighted by Crippen LogP contribution is -2.39. The van der Waals surface area contributed by atoms with Gasteiger partial charge in [0, 0.05) is 29.7 Å². The number of nitrogens with one attached hydrogen (secondary N) is 1. The van der Waals surface area contributed by atoms with Gasteiger partial charge in [-0.3, -0.25) is 4.79 Å². The van der Waals surface area contributed by atoms with Crippen LogP contribution in [0.5, 0.6) is 0 Å². The van der Waals surface area contributed by atoms with Gasteiger partial charge in [-0.2, -0.15) is 0 Å². The molecule has 3 aromatic rings. The summed E-state index contributed by atoms with van der Waals surface area (Å²) in [5.74, 6) is 0.794. The van der Waals surface area contributed by atoms with Crippen molar-refractivity contribution in [3.05, 3.63) is 70.9 Å². The summed E-state index contributed by atoms with van der Waals surface area (Å²) in [6, 6.07) is 16.7. The monoisotopic (exact) mass is 346 g/mol. The third-order valence-electron chi connectivity index (χ3n) is 5.80. The molecule has 1 amide bonds. The van der Waals surface area contributed by atoms with E-state index < -0.39 is 0 Å². The first-order valence-electron chi connectivity index (χ1n) is 9.53. The number of benzene rings is 2. The predicted octanol–water partition coefficient (Wildman–Crippen LogP) is 4.73. The summed E-state index contributed by atoms with van der Waals surface area (Å²) in [5.41, 5.74) is 6.29. The number of nitrogens with zero attached hydrogens (tertiary/aromatic N) is 1. The topological polar surface area (TPSA) is 36.1 Å². The Hall–Kier alpha value is -2.55. The lowest BCUT2D eigenvalue weighted by atomic mass is 9.87. The minimum Gasteiger partial charge on any atom is -0.358 e. The summed E-state index contributed by atoms with van der Waals surface area (Å²) in [4.78, 5) is 18.3. The van der Waals surface area contributed by atoms with Gasteiger partial charge in [-0.1, -0.05) is 42.5 Å². The van der Waals surface area contributed by atoms with E-state index in [2.05, 4.69) is 55.2 Å². The maximum absolute atomic E-state index is 12.7. The first kappa shape index (κ1) is 16.9. The molecule has 0 atom stereocenters. The zero-order valence-corrected chi connectivity index (χ0v) is 15.6. The molecule has 0 unspecified atom stereocenters. The molecule has 0 spiro atoms. The van der Waals surface area contributed by atoms with Crippen LogP contribution in [0.15, 0.2) is 48.5 Å². The van der Waals surface area contributed by atoms with E-state index in [-0.39, 0.29) is 5.91 Å². The number of para-hydroxylation sites is 1. The first-order valence-corrected chi connectivity index (χ1v) is 9.53. The second-order valence-electron chi connectivity index (χ2n) is 7.47. The van der Waals surface area contributed by atoms with Gasteiger partial charge in [-0.25, -0.2) is 0 Å². The maximum Gasteiger partial charge on any atom is 0.226 e. The number of rotatable bonds is 3. The summed E-state index contributed by atoms with van der Waals surface area (Å²) >= 11 is 0. The quantitative estimate of drug-likeness (QED) is 0.731. The minimum atomic E-state index is 0.258. The van der Waals surface area contributed by atoms with Crippen molar-refractivity contribution in [2.75, 3.05) is 13.1 Å². The molecule has 3 nitrogen and oxygen atoms in total. The molecule has 1 N–H and O–H groups in total. The number of aromatic nitrogens is 1. The Balaban J connectivity index is 1.45. The summed E-state index contributed by atoms with van der Waals surface area (Å²) in [5, 5.41) is 1.34. The molecule has 3 heteroatoms. The molecule has 134 valence electrons. The van der Waals surface area contributed by atoms with Crippen molar-refractivity contribution in [3.63, 3.8) is 0 Å². The molecular weight excluding hydrogens is 320 g/mol. The van der Waals surface area contributed by atoms with Crippen molar-refractivity contribution >= 4 is 16.8 Å². The fraction of sp³-hybridized carbons (Fsp3) is 0.348. The lowest BCUT2D eigenvalue weighted by molar-refractivity contribution is -0.131. The number of hydrogen-bond acceptors (Lipinski definition) is 1. The van der Waals surface area contributed by atoms with E-state index in [1.54, 1.807) is 0 Å². The Bertz CT molecular complexity index is 932. The van der Waals surface area contributed by atoms with Gasteiger partial charge in [0.25, 0.3) is 0 Å². The molecule has 0 aliphatic carbocycles. The van der Waals surface area contributed by atoms with Gasteiger partial charge in [0.1, 0.15) is 0 Å². The fourth-order valence-electron chi connectivity index (χ4n) is 4.33. The van der Waals surface area contributed by atoms with Crippen LogP contribution in [0, 0.1) is 13.8 Å². The van der Waals surface area contributed by atoms with Crippen LogP contribution in [0.4, 0.5) is 0 Å². The molecule has 2 heterocycles. The summed E-state index contributed by atoms with van der Waals surface area (Å²) in [6.45, 7) is 5.96. The average molecular weight is 346 g/mol. The van der Waals surface area contributed by atoms with Gasteiger partial charge in [0.15, 0.2) is 0 Å². The number of H-pyrrole nitrogens is 1. The van der Waals surface area contributed by atoms with Gasteiger partial charge < -0.3 is 9.88 Å². The van der Waals surface area contributed by atoms with Crippen LogP contribution >= 0.6 is 0 Å². The highest BCUT2D eigenvalue weighted by Crippen LogP contribution is 2.35. The molecule has 1 aromatic heterocycles. The molecule has 0 radical (unpaired) electrons. The standard InChI is InChI=1S/C23H26N2O/c1-16-7-3-4-8-19(16)15-22(26)25-13-11-18(12-14-25)23-17(2)24-21-10-6-5-9-20(21)23/h3-10,18,24H,11-15H2,1-2H3. The van der Waals surface area contributed by atoms with Crippen molar-refractivity contribution in [1.82, 2.24) is 9.88 Å². The van der Waals surface area contributed by atoms with Gasteiger partial charge in [-0.05, 0) is 55.4 Å². The van der Waals surface area contributed by atoms with Crippen molar-refractivity contribution in [3.8, 4) is 0 Å². The van der Waals surface area contributed by atoms with Crippen LogP contribution in [0.2, 0.25) is 0 Å². The van der Waals surface area contributed by atoms with Gasteiger partial charge in [0.2, 0.25) is 5.91 Å². The molecule has 2 aromatic carbocycles. The number of carbonyl (C=O) groups is 1. The van der Waals surface area contributed by atoms with Crippen molar-refractivity contribution < 1.29 is 4.79 Å². The van der Waals surface area contributed by atoms with Crippen molar-refractivity contribution in [2.24, 2.45) is 0 Å². The van der Waals surface area contributed by atoms with Crippen molar-refractivity contribution in [1.29, 1.82) is 0 Å². The van der Waals surface area contributed by atoms with Gasteiger partial charge in [0.05, 0.1) is 6.42 Å². The summed E-state index contributed by atoms with van der Waals surface area (Å²) in [6.07, 6.45) is 2.61. The van der Waals surface area contributed by atoms with E-state index in [1.165, 1.54) is 27.7 Å². The van der Waals surface area contributed by atoms with Crippen LogP contribution in [-0.2, 0) is 11.2 Å². The minimum absolute atomic E-state index is 0.258. The number of aromatic amines is 1. The largest absolute Gasteiger partial charge is 0.358 e. The molecule has 1 aliphatic rings. The molecular formula is C23H26N2O. The van der Waals surface area contributed by atoms with Crippen LogP contribution < -0.4 is 0 Å². The van der Waals surface area contributed by atoms with E-state index in [0.717, 1.165) is 31.5 Å². The van der Waals surface area contributed by atoms with Crippen LogP contribution in [0.3, 0.4) is 0 Å². The average Bonchev–Trinajstić information content (AvgIpc) is 2.99. The van der Waals surface area contributed by atoms with Crippen LogP contribution in [0.25, 0.3) is 10.9 Å². The molecule has 1 fully saturated rings. The van der Waals surface area contributed by atoms with E-state index in [0.29, 0.717) is 12.3 Å². The highest BCUT2D eigenvalue weighted by Gasteiger charge is 2.26. The molecule has 0 bridgehead atoms. The third-order valence-corrected chi connectivity index (χ3v) is 5.80. The van der Waals surface area contributed by atoms with Crippen LogP contribution in [-0.4, -0.2) is 28.9 Å². The molecule has 1 saturated heterocycles.